The zero-order valence-corrected chi connectivity index (χ0v) is 14.4. The van der Waals surface area contributed by atoms with Gasteiger partial charge in [-0.15, -0.1) is 0 Å². The van der Waals surface area contributed by atoms with Gasteiger partial charge in [0.25, 0.3) is 0 Å². The number of rotatable bonds is 5. The molecule has 3 rings (SSSR count). The lowest BCUT2D eigenvalue weighted by Crippen LogP contribution is -2.05. The topological polar surface area (TPSA) is 47.9 Å². The molecular weight excluding hydrogens is 338 g/mol. The molecule has 0 bridgehead atoms. The van der Waals surface area contributed by atoms with E-state index in [2.05, 4.69) is 11.6 Å². The molecule has 0 amide bonds. The molecular formula is C20H16ClNO3. The van der Waals surface area contributed by atoms with Gasteiger partial charge in [0.1, 0.15) is 12.4 Å². The van der Waals surface area contributed by atoms with Crippen molar-refractivity contribution in [2.24, 2.45) is 4.99 Å². The number of ether oxygens (including phenoxy) is 2. The molecule has 0 aliphatic carbocycles. The summed E-state index contributed by atoms with van der Waals surface area (Å²) >= 11 is 6.14. The molecule has 5 heteroatoms. The summed E-state index contributed by atoms with van der Waals surface area (Å²) in [5, 5.41) is 0.473. The predicted octanol–water partition coefficient (Wildman–Crippen LogP) is 4.64. The van der Waals surface area contributed by atoms with Crippen LogP contribution >= 0.6 is 11.6 Å². The third-order valence-corrected chi connectivity index (χ3v) is 3.74. The van der Waals surface area contributed by atoms with Crippen molar-refractivity contribution in [3.63, 3.8) is 0 Å². The van der Waals surface area contributed by atoms with Crippen molar-refractivity contribution >= 4 is 29.5 Å². The van der Waals surface area contributed by atoms with Crippen LogP contribution in [-0.2, 0) is 9.53 Å². The van der Waals surface area contributed by atoms with E-state index in [4.69, 9.17) is 21.1 Å². The molecule has 1 heterocycles. The van der Waals surface area contributed by atoms with Crippen LogP contribution in [0.25, 0.3) is 6.08 Å². The minimum Gasteiger partial charge on any atom is -0.489 e. The van der Waals surface area contributed by atoms with Gasteiger partial charge >= 0.3 is 5.97 Å². The number of esters is 1. The first-order valence-corrected chi connectivity index (χ1v) is 8.06. The maximum atomic E-state index is 12.1. The molecule has 2 aromatic rings. The molecule has 1 aliphatic heterocycles. The smallest absolute Gasteiger partial charge is 0.363 e. The summed E-state index contributed by atoms with van der Waals surface area (Å²) in [7, 11) is 0. The van der Waals surface area contributed by atoms with Crippen molar-refractivity contribution in [3.8, 4) is 5.75 Å². The maximum Gasteiger partial charge on any atom is 0.363 e. The minimum atomic E-state index is -0.523. The Morgan fingerprint density at radius 1 is 1.24 bits per heavy atom. The zero-order chi connectivity index (χ0) is 17.8. The monoisotopic (exact) mass is 353 g/mol. The van der Waals surface area contributed by atoms with Crippen molar-refractivity contribution < 1.29 is 14.3 Å². The quantitative estimate of drug-likeness (QED) is 0.447. The van der Waals surface area contributed by atoms with Gasteiger partial charge in [-0.1, -0.05) is 48.5 Å². The lowest BCUT2D eigenvalue weighted by atomic mass is 10.1. The molecule has 25 heavy (non-hydrogen) atoms. The Balaban J connectivity index is 1.93. The first kappa shape index (κ1) is 17.0. The van der Waals surface area contributed by atoms with E-state index in [1.54, 1.807) is 30.3 Å². The molecule has 2 aromatic carbocycles. The Hall–Kier alpha value is -2.85. The summed E-state index contributed by atoms with van der Waals surface area (Å²) in [4.78, 5) is 16.4. The maximum absolute atomic E-state index is 12.1. The highest BCUT2D eigenvalue weighted by atomic mass is 35.5. The average Bonchev–Trinajstić information content (AvgIpc) is 2.95. The lowest BCUT2D eigenvalue weighted by Gasteiger charge is -2.08. The van der Waals surface area contributed by atoms with Gasteiger partial charge in [0, 0.05) is 5.56 Å². The molecule has 4 nitrogen and oxygen atoms in total. The van der Waals surface area contributed by atoms with Crippen molar-refractivity contribution in [1.29, 1.82) is 0 Å². The molecule has 1 aliphatic rings. The number of aliphatic imine (C=N–C) groups is 1. The van der Waals surface area contributed by atoms with Crippen LogP contribution in [0.2, 0.25) is 5.02 Å². The van der Waals surface area contributed by atoms with Gasteiger partial charge < -0.3 is 9.47 Å². The number of nitrogens with zero attached hydrogens (tertiary/aromatic N) is 1. The zero-order valence-electron chi connectivity index (χ0n) is 13.7. The summed E-state index contributed by atoms with van der Waals surface area (Å²) in [5.74, 6) is 0.319. The molecule has 0 aromatic heterocycles. The van der Waals surface area contributed by atoms with E-state index in [0.29, 0.717) is 22.9 Å². The van der Waals surface area contributed by atoms with Crippen LogP contribution in [0, 0.1) is 0 Å². The number of halogens is 1. The van der Waals surface area contributed by atoms with Crippen molar-refractivity contribution in [3.05, 3.63) is 82.5 Å². The van der Waals surface area contributed by atoms with E-state index in [1.807, 2.05) is 31.2 Å². The number of hydrogen-bond donors (Lipinski definition) is 0. The van der Waals surface area contributed by atoms with Gasteiger partial charge in [-0.3, -0.25) is 0 Å². The van der Waals surface area contributed by atoms with Gasteiger partial charge in [0.2, 0.25) is 5.90 Å². The molecule has 0 spiro atoms. The van der Waals surface area contributed by atoms with E-state index in [1.165, 1.54) is 0 Å². The van der Waals surface area contributed by atoms with E-state index in [-0.39, 0.29) is 11.6 Å². The highest BCUT2D eigenvalue weighted by Gasteiger charge is 2.25. The predicted molar refractivity (Wildman–Crippen MR) is 98.8 cm³/mol. The first-order chi connectivity index (χ1) is 12.0. The van der Waals surface area contributed by atoms with Gasteiger partial charge in [-0.05, 0) is 36.8 Å². The number of carbonyl (C=O) groups is 1. The third-order valence-electron chi connectivity index (χ3n) is 3.41. The number of hydrogen-bond acceptors (Lipinski definition) is 4. The second-order valence-electron chi connectivity index (χ2n) is 5.60. The van der Waals surface area contributed by atoms with Crippen molar-refractivity contribution in [2.45, 2.75) is 6.92 Å². The van der Waals surface area contributed by atoms with Gasteiger partial charge in [0.15, 0.2) is 5.70 Å². The third kappa shape index (κ3) is 3.98. The van der Waals surface area contributed by atoms with Crippen molar-refractivity contribution in [1.82, 2.24) is 0 Å². The van der Waals surface area contributed by atoms with E-state index < -0.39 is 5.97 Å². The van der Waals surface area contributed by atoms with Crippen LogP contribution in [0.5, 0.6) is 5.75 Å². The average molecular weight is 354 g/mol. The summed E-state index contributed by atoms with van der Waals surface area (Å²) in [6, 6.07) is 14.5. The van der Waals surface area contributed by atoms with Crippen LogP contribution in [0.3, 0.4) is 0 Å². The second-order valence-corrected chi connectivity index (χ2v) is 6.01. The standard InChI is InChI=1S/C20H16ClNO3/c1-13(2)12-24-18-10-6-3-7-14(18)11-17-20(23)25-19(22-17)15-8-4-5-9-16(15)21/h3-11H,1,12H2,2H3/b17-11-. The fourth-order valence-corrected chi connectivity index (χ4v) is 2.46. The molecule has 0 atom stereocenters. The summed E-state index contributed by atoms with van der Waals surface area (Å²) in [6.07, 6.45) is 1.64. The number of cyclic esters (lactones) is 1. The summed E-state index contributed by atoms with van der Waals surface area (Å²) in [5.41, 5.74) is 2.41. The van der Waals surface area contributed by atoms with Crippen LogP contribution in [0.15, 0.2) is 71.4 Å². The van der Waals surface area contributed by atoms with Crippen LogP contribution in [0.4, 0.5) is 0 Å². The molecule has 0 N–H and O–H groups in total. The number of para-hydroxylation sites is 1. The lowest BCUT2D eigenvalue weighted by molar-refractivity contribution is -0.129. The largest absolute Gasteiger partial charge is 0.489 e. The Bertz CT molecular complexity index is 899. The second kappa shape index (κ2) is 7.36. The summed E-state index contributed by atoms with van der Waals surface area (Å²) < 4.78 is 11.0. The minimum absolute atomic E-state index is 0.196. The highest BCUT2D eigenvalue weighted by molar-refractivity contribution is 6.34. The van der Waals surface area contributed by atoms with Gasteiger partial charge in [0.05, 0.1) is 10.6 Å². The molecule has 0 unspecified atom stereocenters. The Labute approximate surface area is 151 Å². The molecule has 0 radical (unpaired) electrons. The molecule has 0 saturated heterocycles. The molecule has 0 fully saturated rings. The van der Waals surface area contributed by atoms with Crippen LogP contribution in [0.1, 0.15) is 18.1 Å². The fourth-order valence-electron chi connectivity index (χ4n) is 2.24. The number of benzene rings is 2. The fraction of sp³-hybridized carbons (Fsp3) is 0.100. The van der Waals surface area contributed by atoms with E-state index >= 15 is 0 Å². The Kier molecular flexibility index (Phi) is 5.00. The van der Waals surface area contributed by atoms with Gasteiger partial charge in [-0.2, -0.15) is 0 Å². The summed E-state index contributed by atoms with van der Waals surface area (Å²) in [6.45, 7) is 6.10. The van der Waals surface area contributed by atoms with Crippen molar-refractivity contribution in [2.75, 3.05) is 6.61 Å². The van der Waals surface area contributed by atoms with E-state index in [0.717, 1.165) is 11.1 Å². The van der Waals surface area contributed by atoms with Crippen LogP contribution < -0.4 is 4.74 Å². The highest BCUT2D eigenvalue weighted by Crippen LogP contribution is 2.26. The Morgan fingerprint density at radius 2 is 1.96 bits per heavy atom. The first-order valence-electron chi connectivity index (χ1n) is 7.68. The normalized spacial score (nSPS) is 15.0. The SMILES string of the molecule is C=C(C)COc1ccccc1/C=C1\N=C(c2ccccc2Cl)OC1=O. The Morgan fingerprint density at radius 3 is 2.72 bits per heavy atom. The molecule has 0 saturated carbocycles. The van der Waals surface area contributed by atoms with Gasteiger partial charge in [-0.25, -0.2) is 9.79 Å². The molecule has 126 valence electrons. The van der Waals surface area contributed by atoms with Crippen LogP contribution in [-0.4, -0.2) is 18.5 Å². The number of carbonyl (C=O) groups excluding carboxylic acids is 1. The van der Waals surface area contributed by atoms with E-state index in [9.17, 15) is 4.79 Å².